The van der Waals surface area contributed by atoms with Crippen molar-refractivity contribution in [2.75, 3.05) is 20.8 Å². The molecule has 0 aliphatic carbocycles. The van der Waals surface area contributed by atoms with E-state index in [0.717, 1.165) is 11.1 Å². The summed E-state index contributed by atoms with van der Waals surface area (Å²) in [6, 6.07) is 10.1. The third-order valence-electron chi connectivity index (χ3n) is 3.95. The fraction of sp³-hybridized carbons (Fsp3) is 0.316. The van der Waals surface area contributed by atoms with Crippen molar-refractivity contribution in [3.05, 3.63) is 57.6 Å². The summed E-state index contributed by atoms with van der Waals surface area (Å²) in [6.45, 7) is 0.469. The Morgan fingerprint density at radius 2 is 1.81 bits per heavy atom. The highest BCUT2D eigenvalue weighted by Crippen LogP contribution is 2.27. The number of methoxy groups -OCH3 is 2. The lowest BCUT2D eigenvalue weighted by Gasteiger charge is -2.14. The number of carbonyl (C=O) groups excluding carboxylic acids is 1. The van der Waals surface area contributed by atoms with Crippen molar-refractivity contribution in [3.8, 4) is 11.5 Å². The molecule has 2 aromatic carbocycles. The normalized spacial score (nSPS) is 11.3. The lowest BCUT2D eigenvalue weighted by atomic mass is 10.1. The Bertz CT molecular complexity index is 772. The van der Waals surface area contributed by atoms with Gasteiger partial charge in [-0.15, -0.1) is 12.4 Å². The van der Waals surface area contributed by atoms with Crippen LogP contribution in [0.3, 0.4) is 0 Å². The quantitative estimate of drug-likeness (QED) is 0.666. The van der Waals surface area contributed by atoms with E-state index in [4.69, 9.17) is 38.4 Å². The monoisotopic (exact) mass is 432 g/mol. The summed E-state index contributed by atoms with van der Waals surface area (Å²) in [5, 5.41) is 3.90. The third kappa shape index (κ3) is 6.78. The highest BCUT2D eigenvalue weighted by atomic mass is 35.5. The molecule has 0 fully saturated rings. The molecule has 0 heterocycles. The molecule has 0 aromatic heterocycles. The summed E-state index contributed by atoms with van der Waals surface area (Å²) in [7, 11) is 3.18. The van der Waals surface area contributed by atoms with Crippen LogP contribution >= 0.6 is 35.6 Å². The van der Waals surface area contributed by atoms with E-state index in [0.29, 0.717) is 40.9 Å². The second kappa shape index (κ2) is 11.2. The van der Waals surface area contributed by atoms with Gasteiger partial charge in [-0.1, -0.05) is 35.3 Å². The molecule has 1 atom stereocenters. The Labute approximate surface area is 175 Å². The lowest BCUT2D eigenvalue weighted by Crippen LogP contribution is -2.42. The maximum atomic E-state index is 12.2. The molecule has 0 radical (unpaired) electrons. The van der Waals surface area contributed by atoms with E-state index in [2.05, 4.69) is 5.32 Å². The molecule has 2 rings (SSSR count). The van der Waals surface area contributed by atoms with E-state index in [9.17, 15) is 4.79 Å². The van der Waals surface area contributed by atoms with Gasteiger partial charge < -0.3 is 20.5 Å². The highest BCUT2D eigenvalue weighted by molar-refractivity contribution is 6.35. The smallest absolute Gasteiger partial charge is 0.237 e. The predicted molar refractivity (Wildman–Crippen MR) is 112 cm³/mol. The maximum absolute atomic E-state index is 12.2. The van der Waals surface area contributed by atoms with Crippen molar-refractivity contribution >= 4 is 41.5 Å². The zero-order valence-electron chi connectivity index (χ0n) is 15.1. The molecule has 148 valence electrons. The predicted octanol–water partition coefficient (Wildman–Crippen LogP) is 3.66. The Morgan fingerprint density at radius 3 is 2.44 bits per heavy atom. The molecule has 0 saturated heterocycles. The molecule has 0 saturated carbocycles. The van der Waals surface area contributed by atoms with Crippen molar-refractivity contribution in [3.63, 3.8) is 0 Å². The largest absolute Gasteiger partial charge is 0.493 e. The first-order valence-corrected chi connectivity index (χ1v) is 8.88. The second-order valence-corrected chi connectivity index (χ2v) is 6.62. The molecule has 3 N–H and O–H groups in total. The first-order valence-electron chi connectivity index (χ1n) is 8.12. The van der Waals surface area contributed by atoms with Gasteiger partial charge in [0.15, 0.2) is 11.5 Å². The van der Waals surface area contributed by atoms with E-state index in [-0.39, 0.29) is 18.3 Å². The van der Waals surface area contributed by atoms with Gasteiger partial charge in [0.1, 0.15) is 0 Å². The van der Waals surface area contributed by atoms with Crippen LogP contribution in [0.5, 0.6) is 11.5 Å². The van der Waals surface area contributed by atoms with Gasteiger partial charge in [0, 0.05) is 16.6 Å². The fourth-order valence-corrected chi connectivity index (χ4v) is 3.00. The summed E-state index contributed by atoms with van der Waals surface area (Å²) in [6.07, 6.45) is 0.999. The summed E-state index contributed by atoms with van der Waals surface area (Å²) >= 11 is 12.0. The zero-order valence-corrected chi connectivity index (χ0v) is 17.5. The minimum Gasteiger partial charge on any atom is -0.493 e. The number of amides is 1. The molecule has 0 spiro atoms. The molecule has 27 heavy (non-hydrogen) atoms. The number of hydrogen-bond donors (Lipinski definition) is 2. The first kappa shape index (κ1) is 23.4. The topological polar surface area (TPSA) is 73.6 Å². The van der Waals surface area contributed by atoms with Crippen LogP contribution in [-0.4, -0.2) is 32.7 Å². The average molecular weight is 434 g/mol. The minimum absolute atomic E-state index is 0. The molecular weight excluding hydrogens is 411 g/mol. The standard InChI is InChI=1S/C19H22Cl2N2O3.ClH/c1-25-17-6-3-12(9-18(17)26-2)7-8-23-19(24)16(22)10-13-4-5-14(20)11-15(13)21;/h3-6,9,11,16H,7-8,10,22H2,1-2H3,(H,23,24);1H. The van der Waals surface area contributed by atoms with Gasteiger partial charge in [-0.05, 0) is 48.2 Å². The molecule has 0 bridgehead atoms. The summed E-state index contributed by atoms with van der Waals surface area (Å²) in [5.41, 5.74) is 7.79. The van der Waals surface area contributed by atoms with E-state index in [1.165, 1.54) is 0 Å². The van der Waals surface area contributed by atoms with Crippen LogP contribution < -0.4 is 20.5 Å². The van der Waals surface area contributed by atoms with Gasteiger partial charge in [0.05, 0.1) is 20.3 Å². The van der Waals surface area contributed by atoms with Gasteiger partial charge in [0.2, 0.25) is 5.91 Å². The number of ether oxygens (including phenoxy) is 2. The Balaban J connectivity index is 0.00000364. The summed E-state index contributed by atoms with van der Waals surface area (Å²) in [5.74, 6) is 1.10. The average Bonchev–Trinajstić information content (AvgIpc) is 2.63. The minimum atomic E-state index is -0.681. The number of nitrogens with one attached hydrogen (secondary N) is 1. The molecule has 0 aliphatic heterocycles. The lowest BCUT2D eigenvalue weighted by molar-refractivity contribution is -0.122. The van der Waals surface area contributed by atoms with Crippen molar-refractivity contribution in [1.82, 2.24) is 5.32 Å². The van der Waals surface area contributed by atoms with Crippen LogP contribution in [0.25, 0.3) is 0 Å². The van der Waals surface area contributed by atoms with Gasteiger partial charge in [-0.25, -0.2) is 0 Å². The van der Waals surface area contributed by atoms with Crippen molar-refractivity contribution in [1.29, 1.82) is 0 Å². The molecule has 5 nitrogen and oxygen atoms in total. The number of carbonyl (C=O) groups is 1. The van der Waals surface area contributed by atoms with Crippen LogP contribution in [0.4, 0.5) is 0 Å². The number of rotatable bonds is 8. The number of hydrogen-bond acceptors (Lipinski definition) is 4. The maximum Gasteiger partial charge on any atom is 0.237 e. The van der Waals surface area contributed by atoms with Gasteiger partial charge in [0.25, 0.3) is 0 Å². The van der Waals surface area contributed by atoms with E-state index in [1.54, 1.807) is 32.4 Å². The zero-order chi connectivity index (χ0) is 19.1. The number of benzene rings is 2. The SMILES string of the molecule is COc1ccc(CCNC(=O)C(N)Cc2ccc(Cl)cc2Cl)cc1OC.Cl. The van der Waals surface area contributed by atoms with Crippen LogP contribution in [0, 0.1) is 0 Å². The second-order valence-electron chi connectivity index (χ2n) is 5.78. The van der Waals surface area contributed by atoms with Crippen LogP contribution in [0.1, 0.15) is 11.1 Å². The third-order valence-corrected chi connectivity index (χ3v) is 4.54. The van der Waals surface area contributed by atoms with Crippen molar-refractivity contribution < 1.29 is 14.3 Å². The Hall–Kier alpha value is -1.66. The van der Waals surface area contributed by atoms with Crippen LogP contribution in [0.15, 0.2) is 36.4 Å². The summed E-state index contributed by atoms with van der Waals surface area (Å²) < 4.78 is 10.5. The van der Waals surface area contributed by atoms with Gasteiger partial charge >= 0.3 is 0 Å². The number of halogens is 3. The van der Waals surface area contributed by atoms with Crippen LogP contribution in [0.2, 0.25) is 10.0 Å². The van der Waals surface area contributed by atoms with Gasteiger partial charge in [-0.3, -0.25) is 4.79 Å². The van der Waals surface area contributed by atoms with E-state index < -0.39 is 6.04 Å². The molecule has 8 heteroatoms. The van der Waals surface area contributed by atoms with Crippen LogP contribution in [-0.2, 0) is 17.6 Å². The Kier molecular flexibility index (Phi) is 9.74. The molecule has 0 aliphatic rings. The van der Waals surface area contributed by atoms with Gasteiger partial charge in [-0.2, -0.15) is 0 Å². The fourth-order valence-electron chi connectivity index (χ4n) is 2.51. The van der Waals surface area contributed by atoms with Crippen molar-refractivity contribution in [2.24, 2.45) is 5.73 Å². The van der Waals surface area contributed by atoms with E-state index in [1.807, 2.05) is 18.2 Å². The highest BCUT2D eigenvalue weighted by Gasteiger charge is 2.15. The summed E-state index contributed by atoms with van der Waals surface area (Å²) in [4.78, 5) is 12.2. The molecular formula is C19H23Cl3N2O3. The van der Waals surface area contributed by atoms with E-state index >= 15 is 0 Å². The molecule has 2 aromatic rings. The Morgan fingerprint density at radius 1 is 1.11 bits per heavy atom. The first-order chi connectivity index (χ1) is 12.4. The number of nitrogens with two attached hydrogens (primary N) is 1. The molecule has 1 unspecified atom stereocenters. The molecule has 1 amide bonds. The van der Waals surface area contributed by atoms with Crippen molar-refractivity contribution in [2.45, 2.75) is 18.9 Å².